The Hall–Kier alpha value is -1.38. The molecule has 0 aromatic carbocycles. The quantitative estimate of drug-likeness (QED) is 0.334. The van der Waals surface area contributed by atoms with Crippen molar-refractivity contribution >= 4 is 11.8 Å². The molecule has 0 N–H and O–H groups in total. The molecule has 3 saturated carbocycles. The van der Waals surface area contributed by atoms with Gasteiger partial charge in [-0.2, -0.15) is 0 Å². The van der Waals surface area contributed by atoms with E-state index in [-0.39, 0.29) is 22.9 Å². The molecule has 4 aliphatic rings. The van der Waals surface area contributed by atoms with Crippen molar-refractivity contribution in [3.05, 3.63) is 23.8 Å². The smallest absolute Gasteiger partial charge is 0.311 e. The Morgan fingerprint density at radius 2 is 1.79 bits per heavy atom. The zero-order valence-electron chi connectivity index (χ0n) is 18.3. The lowest BCUT2D eigenvalue weighted by Gasteiger charge is -2.56. The number of hydrogen-bond acceptors (Lipinski definition) is 3. The Bertz CT molecular complexity index is 754. The number of allylic oxidation sites excluding steroid dienone is 2. The zero-order valence-corrected chi connectivity index (χ0v) is 18.3. The van der Waals surface area contributed by atoms with Gasteiger partial charge in [0.1, 0.15) is 6.10 Å². The topological polar surface area (TPSA) is 43.4 Å². The lowest BCUT2D eigenvalue weighted by atomic mass is 9.48. The maximum atomic E-state index is 12.8. The fourth-order valence-corrected chi connectivity index (χ4v) is 6.80. The molecule has 0 aromatic heterocycles. The summed E-state index contributed by atoms with van der Waals surface area (Å²) < 4.78 is 5.86. The van der Waals surface area contributed by atoms with Crippen molar-refractivity contribution in [2.45, 2.75) is 85.7 Å². The lowest BCUT2D eigenvalue weighted by molar-refractivity contribution is -0.160. The second-order valence-electron chi connectivity index (χ2n) is 11.4. The van der Waals surface area contributed by atoms with Crippen LogP contribution in [0.3, 0.4) is 0 Å². The number of ketones is 1. The summed E-state index contributed by atoms with van der Waals surface area (Å²) in [4.78, 5) is 25.1. The summed E-state index contributed by atoms with van der Waals surface area (Å²) in [6.07, 6.45) is 9.47. The highest BCUT2D eigenvalue weighted by Gasteiger charge is 2.59. The largest absolute Gasteiger partial charge is 0.462 e. The van der Waals surface area contributed by atoms with Crippen LogP contribution in [0.5, 0.6) is 0 Å². The van der Waals surface area contributed by atoms with Crippen molar-refractivity contribution in [1.82, 2.24) is 0 Å². The van der Waals surface area contributed by atoms with E-state index in [2.05, 4.69) is 26.5 Å². The van der Waals surface area contributed by atoms with Gasteiger partial charge in [0.25, 0.3) is 0 Å². The number of hydrogen-bond donors (Lipinski definition) is 0. The molecule has 4 aliphatic carbocycles. The van der Waals surface area contributed by atoms with Gasteiger partial charge in [-0.1, -0.05) is 32.1 Å². The summed E-state index contributed by atoms with van der Waals surface area (Å²) in [6.45, 7) is 14.5. The third kappa shape index (κ3) is 2.83. The van der Waals surface area contributed by atoms with Gasteiger partial charge in [-0.3, -0.25) is 9.59 Å². The first-order chi connectivity index (χ1) is 13.0. The van der Waals surface area contributed by atoms with Crippen LogP contribution in [0, 0.1) is 34.0 Å². The number of Topliss-reactive ketones (excluding diaryl/α,β-unsaturated/α-hetero) is 1. The van der Waals surface area contributed by atoms with Gasteiger partial charge in [0.15, 0.2) is 5.78 Å². The fraction of sp³-hybridized carbons (Fsp3) is 0.760. The van der Waals surface area contributed by atoms with E-state index in [0.29, 0.717) is 23.5 Å². The predicted octanol–water partition coefficient (Wildman–Crippen LogP) is 5.64. The molecular weight excluding hydrogens is 348 g/mol. The van der Waals surface area contributed by atoms with Crippen molar-refractivity contribution in [2.75, 3.05) is 0 Å². The monoisotopic (exact) mass is 384 g/mol. The number of carbonyl (C=O) groups excluding carboxylic acids is 2. The summed E-state index contributed by atoms with van der Waals surface area (Å²) in [5.41, 5.74) is 1.92. The van der Waals surface area contributed by atoms with E-state index in [1.165, 1.54) is 5.57 Å². The Balaban J connectivity index is 1.55. The van der Waals surface area contributed by atoms with Gasteiger partial charge in [0, 0.05) is 11.8 Å². The second-order valence-corrected chi connectivity index (χ2v) is 11.4. The SMILES string of the molecule is C=C1C[C@H]2[C@@H]3CC=C4C[C@@H](OC(=O)C(C)(C)C)CC[C@]4(C)[C@H]3CC[C@]2(C)C1=O. The van der Waals surface area contributed by atoms with Crippen LogP contribution in [-0.2, 0) is 14.3 Å². The maximum Gasteiger partial charge on any atom is 0.311 e. The van der Waals surface area contributed by atoms with Gasteiger partial charge >= 0.3 is 5.97 Å². The van der Waals surface area contributed by atoms with Gasteiger partial charge in [-0.25, -0.2) is 0 Å². The van der Waals surface area contributed by atoms with Crippen molar-refractivity contribution in [2.24, 2.45) is 34.0 Å². The van der Waals surface area contributed by atoms with Gasteiger partial charge in [0.2, 0.25) is 0 Å². The first kappa shape index (κ1) is 19.9. The van der Waals surface area contributed by atoms with E-state index in [4.69, 9.17) is 4.74 Å². The van der Waals surface area contributed by atoms with Gasteiger partial charge in [0.05, 0.1) is 5.41 Å². The third-order valence-electron chi connectivity index (χ3n) is 8.64. The summed E-state index contributed by atoms with van der Waals surface area (Å²) in [5, 5.41) is 0. The van der Waals surface area contributed by atoms with Crippen LogP contribution in [-0.4, -0.2) is 17.9 Å². The van der Waals surface area contributed by atoms with Crippen LogP contribution in [0.4, 0.5) is 0 Å². The Morgan fingerprint density at radius 1 is 1.11 bits per heavy atom. The normalized spacial score (nSPS) is 43.0. The first-order valence-corrected chi connectivity index (χ1v) is 11.1. The molecule has 3 fully saturated rings. The van der Waals surface area contributed by atoms with Crippen LogP contribution in [0.1, 0.15) is 79.6 Å². The lowest BCUT2D eigenvalue weighted by Crippen LogP contribution is -2.50. The molecule has 0 unspecified atom stereocenters. The minimum absolute atomic E-state index is 0.0179. The highest BCUT2D eigenvalue weighted by molar-refractivity contribution is 6.02. The van der Waals surface area contributed by atoms with E-state index in [9.17, 15) is 9.59 Å². The van der Waals surface area contributed by atoms with Crippen molar-refractivity contribution in [3.63, 3.8) is 0 Å². The van der Waals surface area contributed by atoms with Crippen molar-refractivity contribution < 1.29 is 14.3 Å². The van der Waals surface area contributed by atoms with Crippen molar-refractivity contribution in [3.8, 4) is 0 Å². The molecule has 0 aliphatic heterocycles. The number of carbonyl (C=O) groups is 2. The molecule has 4 rings (SSSR count). The van der Waals surface area contributed by atoms with Gasteiger partial charge in [-0.15, -0.1) is 0 Å². The molecule has 154 valence electrons. The Morgan fingerprint density at radius 3 is 2.46 bits per heavy atom. The Labute approximate surface area is 170 Å². The summed E-state index contributed by atoms with van der Waals surface area (Å²) in [6, 6.07) is 0. The van der Waals surface area contributed by atoms with E-state index in [1.807, 2.05) is 20.8 Å². The van der Waals surface area contributed by atoms with Gasteiger partial charge < -0.3 is 4.74 Å². The van der Waals surface area contributed by atoms with Crippen LogP contribution in [0.15, 0.2) is 23.8 Å². The average Bonchev–Trinajstić information content (AvgIpc) is 2.85. The number of rotatable bonds is 1. The Kier molecular flexibility index (Phi) is 4.49. The molecule has 0 saturated heterocycles. The van der Waals surface area contributed by atoms with Crippen molar-refractivity contribution in [1.29, 1.82) is 0 Å². The fourth-order valence-electron chi connectivity index (χ4n) is 6.80. The molecule has 28 heavy (non-hydrogen) atoms. The zero-order chi connectivity index (χ0) is 20.5. The van der Waals surface area contributed by atoms with Crippen LogP contribution in [0.2, 0.25) is 0 Å². The summed E-state index contributed by atoms with van der Waals surface area (Å²) in [5.74, 6) is 1.92. The molecule has 0 radical (unpaired) electrons. The van der Waals surface area contributed by atoms with Crippen LogP contribution < -0.4 is 0 Å². The molecule has 3 nitrogen and oxygen atoms in total. The van der Waals surface area contributed by atoms with E-state index >= 15 is 0 Å². The second kappa shape index (κ2) is 6.31. The molecule has 0 amide bonds. The third-order valence-corrected chi connectivity index (χ3v) is 8.64. The van der Waals surface area contributed by atoms with E-state index < -0.39 is 5.41 Å². The molecular formula is C25H36O3. The minimum Gasteiger partial charge on any atom is -0.462 e. The molecule has 0 spiro atoms. The number of ether oxygens (including phenoxy) is 1. The van der Waals surface area contributed by atoms with Gasteiger partial charge in [-0.05, 0) is 88.0 Å². The highest BCUT2D eigenvalue weighted by atomic mass is 16.5. The number of esters is 1. The van der Waals surface area contributed by atoms with E-state index in [0.717, 1.165) is 50.5 Å². The maximum absolute atomic E-state index is 12.8. The molecule has 0 aromatic rings. The molecule has 6 atom stereocenters. The first-order valence-electron chi connectivity index (χ1n) is 11.1. The summed E-state index contributed by atoms with van der Waals surface area (Å²) >= 11 is 0. The highest BCUT2D eigenvalue weighted by Crippen LogP contribution is 2.64. The predicted molar refractivity (Wildman–Crippen MR) is 111 cm³/mol. The molecule has 0 heterocycles. The number of fused-ring (bicyclic) bond motifs is 5. The molecule has 0 bridgehead atoms. The molecule has 3 heteroatoms. The standard InChI is InChI=1S/C25H36O3/c1-15-13-20-18-8-7-16-14-17(28-22(27)23(2,3)4)9-11-24(16,5)19(18)10-12-25(20,6)21(15)26/h7,17-20H,1,8-14H2,2-6H3/t17-,18+,19-,20-,24-,25-/m0/s1. The van der Waals surface area contributed by atoms with E-state index in [1.54, 1.807) is 0 Å². The van der Waals surface area contributed by atoms with Crippen LogP contribution >= 0.6 is 0 Å². The van der Waals surface area contributed by atoms with Crippen LogP contribution in [0.25, 0.3) is 0 Å². The minimum atomic E-state index is -0.446. The summed E-state index contributed by atoms with van der Waals surface area (Å²) in [7, 11) is 0. The average molecular weight is 385 g/mol.